The lowest BCUT2D eigenvalue weighted by atomic mass is 10.0. The summed E-state index contributed by atoms with van der Waals surface area (Å²) >= 11 is 11.8. The summed E-state index contributed by atoms with van der Waals surface area (Å²) in [6, 6.07) is 6.75. The first-order chi connectivity index (χ1) is 9.98. The van der Waals surface area contributed by atoms with Gasteiger partial charge in [0.25, 0.3) is 0 Å². The molecule has 0 aliphatic heterocycles. The maximum atomic E-state index is 12.7. The van der Waals surface area contributed by atoms with E-state index in [2.05, 4.69) is 9.71 Å². The van der Waals surface area contributed by atoms with Crippen LogP contribution in [0.2, 0.25) is 0 Å². The number of aromatic nitrogens is 1. The van der Waals surface area contributed by atoms with Crippen molar-refractivity contribution in [1.29, 1.82) is 0 Å². The second-order valence-electron chi connectivity index (χ2n) is 4.86. The average molecular weight is 347 g/mol. The van der Waals surface area contributed by atoms with Crippen molar-refractivity contribution in [2.24, 2.45) is 0 Å². The standard InChI is InChI=1S/C14H16Cl2N2O2S/c1-2-14(9-15,10-16)18-21(19,20)13-5-3-4-11-8-17-7-6-12(11)13/h3-8,18H,2,9-10H2,1H3. The molecule has 0 fully saturated rings. The Labute approximate surface area is 134 Å². The molecule has 21 heavy (non-hydrogen) atoms. The molecule has 2 rings (SSSR count). The van der Waals surface area contributed by atoms with E-state index in [9.17, 15) is 8.42 Å². The molecule has 1 aromatic carbocycles. The predicted octanol–water partition coefficient (Wildman–Crippen LogP) is 3.14. The molecule has 0 bridgehead atoms. The maximum absolute atomic E-state index is 12.7. The summed E-state index contributed by atoms with van der Waals surface area (Å²) in [5, 5.41) is 1.38. The van der Waals surface area contributed by atoms with Crippen molar-refractivity contribution < 1.29 is 8.42 Å². The number of fused-ring (bicyclic) bond motifs is 1. The minimum absolute atomic E-state index is 0.110. The van der Waals surface area contributed by atoms with E-state index in [1.807, 2.05) is 13.0 Å². The van der Waals surface area contributed by atoms with Gasteiger partial charge in [-0.25, -0.2) is 13.1 Å². The fourth-order valence-electron chi connectivity index (χ4n) is 2.02. The number of halogens is 2. The Balaban J connectivity index is 2.52. The van der Waals surface area contributed by atoms with E-state index in [1.165, 1.54) is 0 Å². The van der Waals surface area contributed by atoms with Crippen LogP contribution in [0.5, 0.6) is 0 Å². The van der Waals surface area contributed by atoms with Gasteiger partial charge in [-0.15, -0.1) is 23.2 Å². The van der Waals surface area contributed by atoms with E-state index in [0.717, 1.165) is 5.39 Å². The maximum Gasteiger partial charge on any atom is 0.241 e. The fourth-order valence-corrected chi connectivity index (χ4v) is 4.68. The van der Waals surface area contributed by atoms with Crippen LogP contribution in [0.15, 0.2) is 41.6 Å². The van der Waals surface area contributed by atoms with Crippen LogP contribution in [0.1, 0.15) is 13.3 Å². The van der Waals surface area contributed by atoms with Gasteiger partial charge in [0.1, 0.15) is 0 Å². The highest BCUT2D eigenvalue weighted by atomic mass is 35.5. The van der Waals surface area contributed by atoms with E-state index >= 15 is 0 Å². The van der Waals surface area contributed by atoms with E-state index in [-0.39, 0.29) is 16.7 Å². The molecule has 4 nitrogen and oxygen atoms in total. The second kappa shape index (κ2) is 6.48. The molecule has 114 valence electrons. The van der Waals surface area contributed by atoms with Crippen LogP contribution in [0.4, 0.5) is 0 Å². The van der Waals surface area contributed by atoms with Gasteiger partial charge in [0.15, 0.2) is 0 Å². The molecule has 0 spiro atoms. The fraction of sp³-hybridized carbons (Fsp3) is 0.357. The van der Waals surface area contributed by atoms with Crippen LogP contribution in [0.3, 0.4) is 0 Å². The minimum Gasteiger partial charge on any atom is -0.264 e. The lowest BCUT2D eigenvalue weighted by Gasteiger charge is -2.29. The molecule has 0 saturated carbocycles. The molecule has 0 unspecified atom stereocenters. The predicted molar refractivity (Wildman–Crippen MR) is 86.5 cm³/mol. The molecule has 0 radical (unpaired) electrons. The van der Waals surface area contributed by atoms with Crippen LogP contribution in [-0.4, -0.2) is 30.7 Å². The second-order valence-corrected chi connectivity index (χ2v) is 7.04. The topological polar surface area (TPSA) is 59.1 Å². The Morgan fingerprint density at radius 2 is 1.95 bits per heavy atom. The van der Waals surface area contributed by atoms with Crippen molar-refractivity contribution in [3.8, 4) is 0 Å². The molecule has 2 aromatic rings. The highest BCUT2D eigenvalue weighted by Gasteiger charge is 2.33. The van der Waals surface area contributed by atoms with Crippen LogP contribution in [0, 0.1) is 0 Å². The van der Waals surface area contributed by atoms with Crippen molar-refractivity contribution >= 4 is 44.0 Å². The Morgan fingerprint density at radius 1 is 1.24 bits per heavy atom. The summed E-state index contributed by atoms with van der Waals surface area (Å²) in [6.07, 6.45) is 3.70. The minimum atomic E-state index is -3.73. The molecular formula is C14H16Cl2N2O2S. The zero-order valence-electron chi connectivity index (χ0n) is 11.5. The summed E-state index contributed by atoms with van der Waals surface area (Å²) < 4.78 is 28.0. The van der Waals surface area contributed by atoms with Gasteiger partial charge in [0.2, 0.25) is 10.0 Å². The van der Waals surface area contributed by atoms with Crippen LogP contribution >= 0.6 is 23.2 Å². The molecule has 1 aromatic heterocycles. The van der Waals surface area contributed by atoms with E-state index < -0.39 is 15.6 Å². The number of benzene rings is 1. The van der Waals surface area contributed by atoms with Gasteiger partial charge in [0, 0.05) is 34.9 Å². The molecule has 0 amide bonds. The number of nitrogens with zero attached hydrogens (tertiary/aromatic N) is 1. The number of sulfonamides is 1. The molecular weight excluding hydrogens is 331 g/mol. The molecule has 1 N–H and O–H groups in total. The zero-order valence-corrected chi connectivity index (χ0v) is 13.8. The first-order valence-electron chi connectivity index (χ1n) is 6.46. The number of rotatable bonds is 6. The third-order valence-electron chi connectivity index (χ3n) is 3.47. The summed E-state index contributed by atoms with van der Waals surface area (Å²) in [5.74, 6) is 0.219. The van der Waals surface area contributed by atoms with Crippen molar-refractivity contribution in [3.05, 3.63) is 36.7 Å². The molecule has 0 aliphatic carbocycles. The van der Waals surface area contributed by atoms with Crippen molar-refractivity contribution in [2.75, 3.05) is 11.8 Å². The Bertz CT molecular complexity index is 717. The quantitative estimate of drug-likeness (QED) is 0.817. The highest BCUT2D eigenvalue weighted by molar-refractivity contribution is 7.89. The van der Waals surface area contributed by atoms with Gasteiger partial charge in [-0.05, 0) is 18.6 Å². The largest absolute Gasteiger partial charge is 0.264 e. The summed E-state index contributed by atoms with van der Waals surface area (Å²) in [7, 11) is -3.73. The normalized spacial score (nSPS) is 12.7. The Kier molecular flexibility index (Phi) is 5.09. The summed E-state index contributed by atoms with van der Waals surface area (Å²) in [6.45, 7) is 1.85. The number of hydrogen-bond acceptors (Lipinski definition) is 3. The molecule has 0 atom stereocenters. The SMILES string of the molecule is CCC(CCl)(CCl)NS(=O)(=O)c1cccc2cnccc12. The smallest absolute Gasteiger partial charge is 0.241 e. The number of pyridine rings is 1. The van der Waals surface area contributed by atoms with Crippen molar-refractivity contribution in [1.82, 2.24) is 9.71 Å². The zero-order chi connectivity index (χ0) is 15.5. The van der Waals surface area contributed by atoms with Crippen LogP contribution in [0.25, 0.3) is 10.8 Å². The third-order valence-corrected chi connectivity index (χ3v) is 6.13. The summed E-state index contributed by atoms with van der Waals surface area (Å²) in [5.41, 5.74) is -0.850. The molecule has 0 aliphatic rings. The first kappa shape index (κ1) is 16.5. The third kappa shape index (κ3) is 3.31. The van der Waals surface area contributed by atoms with E-state index in [0.29, 0.717) is 11.8 Å². The van der Waals surface area contributed by atoms with E-state index in [4.69, 9.17) is 23.2 Å². The number of alkyl halides is 2. The van der Waals surface area contributed by atoms with Crippen LogP contribution in [-0.2, 0) is 10.0 Å². The lowest BCUT2D eigenvalue weighted by Crippen LogP contribution is -2.51. The van der Waals surface area contributed by atoms with Crippen molar-refractivity contribution in [3.63, 3.8) is 0 Å². The Morgan fingerprint density at radius 3 is 2.57 bits per heavy atom. The Hall–Kier alpha value is -0.880. The van der Waals surface area contributed by atoms with Gasteiger partial charge >= 0.3 is 0 Å². The van der Waals surface area contributed by atoms with E-state index in [1.54, 1.807) is 30.6 Å². The van der Waals surface area contributed by atoms with Gasteiger partial charge in [-0.1, -0.05) is 19.1 Å². The average Bonchev–Trinajstić information content (AvgIpc) is 2.52. The molecule has 7 heteroatoms. The van der Waals surface area contributed by atoms with Crippen LogP contribution < -0.4 is 4.72 Å². The number of hydrogen-bond donors (Lipinski definition) is 1. The molecule has 0 saturated heterocycles. The monoisotopic (exact) mass is 346 g/mol. The number of nitrogens with one attached hydrogen (secondary N) is 1. The first-order valence-corrected chi connectivity index (χ1v) is 9.02. The lowest BCUT2D eigenvalue weighted by molar-refractivity contribution is 0.450. The van der Waals surface area contributed by atoms with Gasteiger partial charge in [0.05, 0.1) is 10.4 Å². The van der Waals surface area contributed by atoms with Gasteiger partial charge < -0.3 is 0 Å². The van der Waals surface area contributed by atoms with Crippen molar-refractivity contribution in [2.45, 2.75) is 23.8 Å². The van der Waals surface area contributed by atoms with Gasteiger partial charge in [-0.2, -0.15) is 0 Å². The van der Waals surface area contributed by atoms with Gasteiger partial charge in [-0.3, -0.25) is 4.98 Å². The molecule has 1 heterocycles. The highest BCUT2D eigenvalue weighted by Crippen LogP contribution is 2.25. The summed E-state index contributed by atoms with van der Waals surface area (Å²) in [4.78, 5) is 4.21.